The molecule has 1 aromatic rings. The number of Topliss-reactive ketones (excluding diaryl/α,β-unsaturated/α-hetero) is 1. The number of esters is 1. The Hall–Kier alpha value is -2.07. The van der Waals surface area contributed by atoms with Gasteiger partial charge in [0.05, 0.1) is 12.7 Å². The van der Waals surface area contributed by atoms with Crippen LogP contribution in [0.4, 0.5) is 0 Å². The summed E-state index contributed by atoms with van der Waals surface area (Å²) in [5, 5.41) is 3.86. The van der Waals surface area contributed by atoms with Crippen LogP contribution in [0.3, 0.4) is 0 Å². The van der Waals surface area contributed by atoms with E-state index in [0.717, 1.165) is 23.4 Å². The molecule has 0 amide bonds. The molecule has 0 aromatic heterocycles. The van der Waals surface area contributed by atoms with Crippen molar-refractivity contribution in [3.63, 3.8) is 0 Å². The number of allylic oxidation sites excluding steroid dienone is 3. The van der Waals surface area contributed by atoms with Gasteiger partial charge in [-0.15, -0.1) is 0 Å². The first-order valence-corrected chi connectivity index (χ1v) is 8.69. The predicted octanol–water partition coefficient (Wildman–Crippen LogP) is 4.12. The van der Waals surface area contributed by atoms with Crippen molar-refractivity contribution in [3.05, 3.63) is 57.4 Å². The molecular formula is C20H22ClNO3. The van der Waals surface area contributed by atoms with E-state index in [0.29, 0.717) is 22.6 Å². The molecule has 0 bridgehead atoms. The van der Waals surface area contributed by atoms with Crippen molar-refractivity contribution in [1.82, 2.24) is 5.32 Å². The molecule has 1 aromatic carbocycles. The van der Waals surface area contributed by atoms with Crippen LogP contribution in [0.5, 0.6) is 0 Å². The van der Waals surface area contributed by atoms with Crippen LogP contribution in [-0.2, 0) is 14.3 Å². The molecule has 0 fully saturated rings. The second kappa shape index (κ2) is 6.34. The number of methoxy groups -OCH3 is 1. The van der Waals surface area contributed by atoms with E-state index in [9.17, 15) is 9.59 Å². The molecule has 0 unspecified atom stereocenters. The molecular weight excluding hydrogens is 338 g/mol. The maximum absolute atomic E-state index is 13.0. The summed E-state index contributed by atoms with van der Waals surface area (Å²) < 4.78 is 4.99. The van der Waals surface area contributed by atoms with Crippen LogP contribution in [-0.4, -0.2) is 18.9 Å². The molecule has 132 valence electrons. The molecule has 1 aliphatic carbocycles. The average molecular weight is 360 g/mol. The molecule has 0 saturated carbocycles. The summed E-state index contributed by atoms with van der Waals surface area (Å²) in [5.41, 5.74) is 3.47. The Morgan fingerprint density at radius 3 is 2.68 bits per heavy atom. The Labute approximate surface area is 152 Å². The van der Waals surface area contributed by atoms with Crippen molar-refractivity contribution >= 4 is 23.4 Å². The number of ketones is 1. The number of halogens is 1. The van der Waals surface area contributed by atoms with Gasteiger partial charge in [0.2, 0.25) is 0 Å². The Bertz CT molecular complexity index is 820. The van der Waals surface area contributed by atoms with Crippen molar-refractivity contribution in [2.45, 2.75) is 39.5 Å². The highest BCUT2D eigenvalue weighted by Crippen LogP contribution is 2.46. The lowest BCUT2D eigenvalue weighted by atomic mass is 9.68. The molecule has 1 N–H and O–H groups in total. The van der Waals surface area contributed by atoms with Crippen molar-refractivity contribution < 1.29 is 14.3 Å². The van der Waals surface area contributed by atoms with Crippen LogP contribution in [0.15, 0.2) is 46.8 Å². The van der Waals surface area contributed by atoms with E-state index in [1.54, 1.807) is 6.07 Å². The summed E-state index contributed by atoms with van der Waals surface area (Å²) in [6.45, 7) is 6.01. The summed E-state index contributed by atoms with van der Waals surface area (Å²) in [6.07, 6.45) is 1.22. The number of hydrogen-bond donors (Lipinski definition) is 1. The largest absolute Gasteiger partial charge is 0.466 e. The molecule has 25 heavy (non-hydrogen) atoms. The molecule has 0 spiro atoms. The number of dihydropyridines is 1. The number of benzene rings is 1. The standard InChI is InChI=1S/C20H22ClNO3/c1-11-16(19(24)25-4)17(12-6-5-7-13(21)8-12)18-14(22-11)9-20(2,3)10-15(18)23/h5-8,17,22H,9-10H2,1-4H3/t17-/m1/s1. The minimum absolute atomic E-state index is 0.0672. The van der Waals surface area contributed by atoms with Crippen molar-refractivity contribution in [2.75, 3.05) is 7.11 Å². The van der Waals surface area contributed by atoms with Gasteiger partial charge >= 0.3 is 5.97 Å². The van der Waals surface area contributed by atoms with Gasteiger partial charge in [0, 0.05) is 34.3 Å². The topological polar surface area (TPSA) is 55.4 Å². The molecule has 3 rings (SSSR count). The zero-order chi connectivity index (χ0) is 18.4. The van der Waals surface area contributed by atoms with Crippen molar-refractivity contribution in [2.24, 2.45) is 5.41 Å². The van der Waals surface area contributed by atoms with Crippen molar-refractivity contribution in [3.8, 4) is 0 Å². The summed E-state index contributed by atoms with van der Waals surface area (Å²) in [7, 11) is 1.35. The number of nitrogens with one attached hydrogen (secondary N) is 1. The first kappa shape index (κ1) is 17.7. The molecule has 0 radical (unpaired) electrons. The van der Waals surface area contributed by atoms with Gasteiger partial charge < -0.3 is 10.1 Å². The van der Waals surface area contributed by atoms with Crippen LogP contribution in [0.25, 0.3) is 0 Å². The van der Waals surface area contributed by atoms with Crippen molar-refractivity contribution in [1.29, 1.82) is 0 Å². The third kappa shape index (κ3) is 3.23. The fourth-order valence-corrected chi connectivity index (χ4v) is 4.03. The van der Waals surface area contributed by atoms with Gasteiger partial charge in [-0.2, -0.15) is 0 Å². The van der Waals surface area contributed by atoms with E-state index < -0.39 is 11.9 Å². The highest BCUT2D eigenvalue weighted by atomic mass is 35.5. The van der Waals surface area contributed by atoms with E-state index in [1.807, 2.05) is 25.1 Å². The molecule has 1 aliphatic heterocycles. The molecule has 4 nitrogen and oxygen atoms in total. The maximum Gasteiger partial charge on any atom is 0.336 e. The summed E-state index contributed by atoms with van der Waals surface area (Å²) in [5.74, 6) is -0.817. The SMILES string of the molecule is COC(=O)C1=C(C)NC2=C(C(=O)CC(C)(C)C2)[C@@H]1c1cccc(Cl)c1. The number of hydrogen-bond acceptors (Lipinski definition) is 4. The van der Waals surface area contributed by atoms with Crippen LogP contribution >= 0.6 is 11.6 Å². The third-order valence-corrected chi connectivity index (χ3v) is 5.06. The van der Waals surface area contributed by atoms with E-state index in [-0.39, 0.29) is 11.2 Å². The van der Waals surface area contributed by atoms with E-state index in [2.05, 4.69) is 19.2 Å². The second-order valence-electron chi connectivity index (χ2n) is 7.48. The number of rotatable bonds is 2. The summed E-state index contributed by atoms with van der Waals surface area (Å²) >= 11 is 6.17. The molecule has 1 heterocycles. The highest BCUT2D eigenvalue weighted by Gasteiger charge is 2.42. The van der Waals surface area contributed by atoms with Gasteiger partial charge in [0.15, 0.2) is 5.78 Å². The number of carbonyl (C=O) groups excluding carboxylic acids is 2. The number of carbonyl (C=O) groups is 2. The lowest BCUT2D eigenvalue weighted by Crippen LogP contribution is -2.38. The fraction of sp³-hybridized carbons (Fsp3) is 0.400. The lowest BCUT2D eigenvalue weighted by molar-refractivity contribution is -0.136. The Kier molecular flexibility index (Phi) is 4.50. The van der Waals surface area contributed by atoms with Gasteiger partial charge in [-0.1, -0.05) is 37.6 Å². The van der Waals surface area contributed by atoms with Crippen LogP contribution in [0.2, 0.25) is 5.02 Å². The number of ether oxygens (including phenoxy) is 1. The van der Waals surface area contributed by atoms with Gasteiger partial charge in [0.25, 0.3) is 0 Å². The van der Waals surface area contributed by atoms with E-state index >= 15 is 0 Å². The lowest BCUT2D eigenvalue weighted by Gasteiger charge is -2.39. The van der Waals surface area contributed by atoms with E-state index in [4.69, 9.17) is 16.3 Å². The first-order chi connectivity index (χ1) is 11.7. The summed E-state index contributed by atoms with van der Waals surface area (Å²) in [6, 6.07) is 7.32. The van der Waals surface area contributed by atoms with Crippen LogP contribution in [0, 0.1) is 5.41 Å². The van der Waals surface area contributed by atoms with Gasteiger partial charge in [-0.05, 0) is 36.5 Å². The monoisotopic (exact) mass is 359 g/mol. The molecule has 2 aliphatic rings. The Balaban J connectivity index is 2.21. The van der Waals surface area contributed by atoms with Crippen LogP contribution < -0.4 is 5.32 Å². The quantitative estimate of drug-likeness (QED) is 0.807. The first-order valence-electron chi connectivity index (χ1n) is 8.31. The molecule has 0 saturated heterocycles. The average Bonchev–Trinajstić information content (AvgIpc) is 2.51. The zero-order valence-corrected chi connectivity index (χ0v) is 15.7. The summed E-state index contributed by atoms with van der Waals surface area (Å²) in [4.78, 5) is 25.4. The minimum atomic E-state index is -0.453. The fourth-order valence-electron chi connectivity index (χ4n) is 3.84. The van der Waals surface area contributed by atoms with Gasteiger partial charge in [-0.25, -0.2) is 4.79 Å². The minimum Gasteiger partial charge on any atom is -0.466 e. The molecule has 1 atom stereocenters. The maximum atomic E-state index is 13.0. The van der Waals surface area contributed by atoms with Crippen LogP contribution in [0.1, 0.15) is 45.1 Å². The van der Waals surface area contributed by atoms with Gasteiger partial charge in [0.1, 0.15) is 0 Å². The Morgan fingerprint density at radius 1 is 1.32 bits per heavy atom. The van der Waals surface area contributed by atoms with Gasteiger partial charge in [-0.3, -0.25) is 4.79 Å². The Morgan fingerprint density at radius 2 is 2.04 bits per heavy atom. The zero-order valence-electron chi connectivity index (χ0n) is 14.9. The third-order valence-electron chi connectivity index (χ3n) is 4.83. The highest BCUT2D eigenvalue weighted by molar-refractivity contribution is 6.30. The normalized spacial score (nSPS) is 22.4. The predicted molar refractivity (Wildman–Crippen MR) is 97.1 cm³/mol. The smallest absolute Gasteiger partial charge is 0.336 e. The van der Waals surface area contributed by atoms with E-state index in [1.165, 1.54) is 7.11 Å². The second-order valence-corrected chi connectivity index (χ2v) is 7.91. The molecule has 5 heteroatoms.